The summed E-state index contributed by atoms with van der Waals surface area (Å²) in [5.41, 5.74) is 5.17. The Morgan fingerprint density at radius 1 is 1.39 bits per heavy atom. The summed E-state index contributed by atoms with van der Waals surface area (Å²) < 4.78 is 0. The molecule has 0 aromatic heterocycles. The zero-order valence-electron chi connectivity index (χ0n) is 12.2. The molecule has 2 N–H and O–H groups in total. The van der Waals surface area contributed by atoms with E-state index in [1.807, 2.05) is 6.92 Å². The Morgan fingerprint density at radius 3 is 2.67 bits per heavy atom. The van der Waals surface area contributed by atoms with Gasteiger partial charge in [0.25, 0.3) is 0 Å². The minimum Gasteiger partial charge on any atom is -0.314 e. The van der Waals surface area contributed by atoms with Crippen LogP contribution in [0.1, 0.15) is 40.0 Å². The first-order valence-electron chi connectivity index (χ1n) is 7.15. The molecule has 0 aromatic carbocycles. The number of nitriles is 1. The van der Waals surface area contributed by atoms with E-state index in [1.165, 1.54) is 19.6 Å². The van der Waals surface area contributed by atoms with Crippen molar-refractivity contribution in [2.75, 3.05) is 32.7 Å². The van der Waals surface area contributed by atoms with Crippen LogP contribution in [-0.2, 0) is 0 Å². The highest BCUT2D eigenvalue weighted by Gasteiger charge is 2.22. The van der Waals surface area contributed by atoms with Crippen LogP contribution in [0.2, 0.25) is 0 Å². The van der Waals surface area contributed by atoms with Gasteiger partial charge in [-0.25, -0.2) is 0 Å². The Balaban J connectivity index is 2.16. The van der Waals surface area contributed by atoms with E-state index >= 15 is 0 Å². The lowest BCUT2D eigenvalue weighted by Crippen LogP contribution is -2.51. The van der Waals surface area contributed by atoms with Crippen LogP contribution >= 0.6 is 0 Å². The molecule has 2 atom stereocenters. The number of nitrogens with two attached hydrogens (primary N) is 1. The molecule has 0 saturated carbocycles. The number of rotatable bonds is 6. The van der Waals surface area contributed by atoms with Crippen LogP contribution in [0, 0.1) is 11.3 Å². The fourth-order valence-corrected chi connectivity index (χ4v) is 2.63. The van der Waals surface area contributed by atoms with Gasteiger partial charge in [0, 0.05) is 25.7 Å². The second-order valence-corrected chi connectivity index (χ2v) is 5.76. The summed E-state index contributed by atoms with van der Waals surface area (Å²) in [6.45, 7) is 12.2. The molecule has 0 aromatic rings. The van der Waals surface area contributed by atoms with Gasteiger partial charge in [-0.3, -0.25) is 4.90 Å². The number of hydrogen-bond acceptors (Lipinski definition) is 4. The average molecular weight is 252 g/mol. The molecule has 1 rings (SSSR count). The van der Waals surface area contributed by atoms with Crippen LogP contribution in [0.4, 0.5) is 0 Å². The van der Waals surface area contributed by atoms with Gasteiger partial charge >= 0.3 is 0 Å². The van der Waals surface area contributed by atoms with Gasteiger partial charge in [-0.05, 0) is 46.2 Å². The highest BCUT2D eigenvalue weighted by molar-refractivity contribution is 5.00. The third-order valence-electron chi connectivity index (χ3n) is 3.93. The van der Waals surface area contributed by atoms with Crippen molar-refractivity contribution in [3.63, 3.8) is 0 Å². The Bertz CT molecular complexity index is 282. The van der Waals surface area contributed by atoms with E-state index < -0.39 is 5.54 Å². The molecule has 0 aliphatic carbocycles. The molecule has 0 radical (unpaired) electrons. The molecular formula is C14H28N4. The molecule has 1 aliphatic rings. The summed E-state index contributed by atoms with van der Waals surface area (Å²) in [5, 5.41) is 8.84. The van der Waals surface area contributed by atoms with Crippen molar-refractivity contribution < 1.29 is 0 Å². The molecule has 104 valence electrons. The van der Waals surface area contributed by atoms with Gasteiger partial charge in [-0.15, -0.1) is 0 Å². The number of piperazine rings is 1. The highest BCUT2D eigenvalue weighted by Crippen LogP contribution is 2.12. The molecule has 0 bridgehead atoms. The molecular weight excluding hydrogens is 224 g/mol. The minimum absolute atomic E-state index is 0.645. The van der Waals surface area contributed by atoms with Gasteiger partial charge in [-0.1, -0.05) is 6.92 Å². The Hall–Kier alpha value is -0.630. The van der Waals surface area contributed by atoms with Crippen molar-refractivity contribution in [1.29, 1.82) is 5.26 Å². The summed E-state index contributed by atoms with van der Waals surface area (Å²) in [5.74, 6) is 0. The molecule has 1 saturated heterocycles. The summed E-state index contributed by atoms with van der Waals surface area (Å²) in [7, 11) is 0. The fraction of sp³-hybridized carbons (Fsp3) is 0.929. The van der Waals surface area contributed by atoms with Crippen molar-refractivity contribution in [2.45, 2.75) is 51.6 Å². The molecule has 0 amide bonds. The van der Waals surface area contributed by atoms with Crippen LogP contribution in [0.5, 0.6) is 0 Å². The molecule has 2 unspecified atom stereocenters. The van der Waals surface area contributed by atoms with E-state index in [-0.39, 0.29) is 0 Å². The summed E-state index contributed by atoms with van der Waals surface area (Å²) in [6, 6.07) is 2.83. The van der Waals surface area contributed by atoms with Crippen molar-refractivity contribution in [2.24, 2.45) is 5.73 Å². The van der Waals surface area contributed by atoms with Crippen LogP contribution in [0.3, 0.4) is 0 Å². The summed E-state index contributed by atoms with van der Waals surface area (Å²) in [4.78, 5) is 5.07. The second kappa shape index (κ2) is 7.08. The highest BCUT2D eigenvalue weighted by atomic mass is 15.3. The molecule has 4 heteroatoms. The molecule has 4 nitrogen and oxygen atoms in total. The Labute approximate surface area is 112 Å². The van der Waals surface area contributed by atoms with Crippen molar-refractivity contribution in [1.82, 2.24) is 9.80 Å². The van der Waals surface area contributed by atoms with E-state index in [1.54, 1.807) is 0 Å². The standard InChI is InChI=1S/C14H28N4/c1-4-18-10-9-17(11-13(18)2)8-6-5-7-14(3,16)12-15/h13H,4-11,16H2,1-3H3. The SMILES string of the molecule is CCN1CCN(CCCCC(C)(N)C#N)CC1C. The van der Waals surface area contributed by atoms with Gasteiger partial charge in [0.05, 0.1) is 6.07 Å². The average Bonchev–Trinajstić information content (AvgIpc) is 2.35. The molecule has 1 aliphatic heterocycles. The molecule has 18 heavy (non-hydrogen) atoms. The van der Waals surface area contributed by atoms with E-state index in [4.69, 9.17) is 11.0 Å². The number of unbranched alkanes of at least 4 members (excludes halogenated alkanes) is 1. The van der Waals surface area contributed by atoms with Crippen molar-refractivity contribution in [3.8, 4) is 6.07 Å². The van der Waals surface area contributed by atoms with Crippen molar-refractivity contribution in [3.05, 3.63) is 0 Å². The Kier molecular flexibility index (Phi) is 6.07. The van der Waals surface area contributed by atoms with E-state index in [9.17, 15) is 0 Å². The third kappa shape index (κ3) is 4.93. The number of likely N-dealkylation sites (N-methyl/N-ethyl adjacent to an activating group) is 1. The first-order chi connectivity index (χ1) is 8.48. The van der Waals surface area contributed by atoms with Crippen molar-refractivity contribution >= 4 is 0 Å². The topological polar surface area (TPSA) is 56.3 Å². The predicted octanol–water partition coefficient (Wildman–Crippen LogP) is 1.42. The lowest BCUT2D eigenvalue weighted by molar-refractivity contribution is 0.0867. The summed E-state index contributed by atoms with van der Waals surface area (Å²) in [6.07, 6.45) is 2.99. The van der Waals surface area contributed by atoms with Crippen LogP contribution in [0.15, 0.2) is 0 Å². The van der Waals surface area contributed by atoms with Gasteiger partial charge in [-0.2, -0.15) is 5.26 Å². The van der Waals surface area contributed by atoms with Gasteiger partial charge in [0.2, 0.25) is 0 Å². The first-order valence-corrected chi connectivity index (χ1v) is 7.15. The first kappa shape index (κ1) is 15.4. The lowest BCUT2D eigenvalue weighted by atomic mass is 9.98. The van der Waals surface area contributed by atoms with Crippen LogP contribution in [0.25, 0.3) is 0 Å². The largest absolute Gasteiger partial charge is 0.314 e. The maximum Gasteiger partial charge on any atom is 0.101 e. The van der Waals surface area contributed by atoms with E-state index in [2.05, 4.69) is 29.7 Å². The smallest absolute Gasteiger partial charge is 0.101 e. The van der Waals surface area contributed by atoms with Gasteiger partial charge < -0.3 is 10.6 Å². The monoisotopic (exact) mass is 252 g/mol. The predicted molar refractivity (Wildman–Crippen MR) is 75.2 cm³/mol. The quantitative estimate of drug-likeness (QED) is 0.727. The van der Waals surface area contributed by atoms with Crippen LogP contribution < -0.4 is 5.73 Å². The lowest BCUT2D eigenvalue weighted by Gasteiger charge is -2.39. The normalized spacial score (nSPS) is 25.6. The number of hydrogen-bond donors (Lipinski definition) is 1. The van der Waals surface area contributed by atoms with Gasteiger partial charge in [0.1, 0.15) is 5.54 Å². The third-order valence-corrected chi connectivity index (χ3v) is 3.93. The minimum atomic E-state index is -0.645. The maximum atomic E-state index is 8.84. The van der Waals surface area contributed by atoms with Gasteiger partial charge in [0.15, 0.2) is 0 Å². The van der Waals surface area contributed by atoms with E-state index in [0.717, 1.165) is 32.4 Å². The molecule has 1 fully saturated rings. The van der Waals surface area contributed by atoms with E-state index in [0.29, 0.717) is 6.04 Å². The number of nitrogens with zero attached hydrogens (tertiary/aromatic N) is 3. The Morgan fingerprint density at radius 2 is 2.11 bits per heavy atom. The molecule has 1 heterocycles. The second-order valence-electron chi connectivity index (χ2n) is 5.76. The fourth-order valence-electron chi connectivity index (χ4n) is 2.63. The van der Waals surface area contributed by atoms with Crippen LogP contribution in [-0.4, -0.2) is 54.1 Å². The summed E-state index contributed by atoms with van der Waals surface area (Å²) >= 11 is 0. The zero-order chi connectivity index (χ0) is 13.6. The molecule has 0 spiro atoms. The zero-order valence-corrected chi connectivity index (χ0v) is 12.2. The maximum absolute atomic E-state index is 8.84.